The zero-order valence-electron chi connectivity index (χ0n) is 14.6. The molecular weight excluding hydrogens is 419 g/mol. The van der Waals surface area contributed by atoms with Crippen molar-refractivity contribution in [2.45, 2.75) is 17.3 Å². The molecule has 0 aliphatic carbocycles. The Morgan fingerprint density at radius 3 is 2.61 bits per heavy atom. The molecule has 0 aliphatic rings. The largest absolute Gasteiger partial charge is 0.335 e. The molecule has 0 bridgehead atoms. The number of benzene rings is 2. The second-order valence-corrected chi connectivity index (χ2v) is 7.89. The molecule has 3 N–H and O–H groups in total. The number of thioether (sulfide) groups is 1. The summed E-state index contributed by atoms with van der Waals surface area (Å²) in [5.74, 6) is 6.22. The van der Waals surface area contributed by atoms with Crippen LogP contribution in [0.4, 0.5) is 5.69 Å². The van der Waals surface area contributed by atoms with E-state index in [1.807, 2.05) is 6.07 Å². The standard InChI is InChI=1S/C18H14Cl2N6OS/c1-10(17(27)23-13-5-2-11(9-21)3-6-13)28-18-25-24-16(26(18)22)14-7-4-12(19)8-15(14)20/h2-8,10H,22H2,1H3,(H,23,27)/t10-/m0/s1. The van der Waals surface area contributed by atoms with Crippen LogP contribution in [-0.4, -0.2) is 26.0 Å². The average Bonchev–Trinajstić information content (AvgIpc) is 3.02. The Morgan fingerprint density at radius 1 is 1.25 bits per heavy atom. The van der Waals surface area contributed by atoms with E-state index in [0.29, 0.717) is 37.8 Å². The number of nitrogens with one attached hydrogen (secondary N) is 1. The highest BCUT2D eigenvalue weighted by Crippen LogP contribution is 2.31. The second-order valence-electron chi connectivity index (χ2n) is 5.74. The molecule has 0 fully saturated rings. The molecule has 0 aliphatic heterocycles. The topological polar surface area (TPSA) is 110 Å². The van der Waals surface area contributed by atoms with Gasteiger partial charge in [0.05, 0.1) is 21.9 Å². The summed E-state index contributed by atoms with van der Waals surface area (Å²) < 4.78 is 1.28. The van der Waals surface area contributed by atoms with Crippen molar-refractivity contribution in [1.29, 1.82) is 5.26 Å². The Kier molecular flexibility index (Phi) is 6.09. The van der Waals surface area contributed by atoms with Crippen LogP contribution in [0.2, 0.25) is 10.0 Å². The highest BCUT2D eigenvalue weighted by molar-refractivity contribution is 8.00. The highest BCUT2D eigenvalue weighted by atomic mass is 35.5. The molecule has 1 heterocycles. The van der Waals surface area contributed by atoms with E-state index in [1.165, 1.54) is 4.68 Å². The van der Waals surface area contributed by atoms with Crippen LogP contribution in [0.1, 0.15) is 12.5 Å². The number of halogens is 2. The fraction of sp³-hybridized carbons (Fsp3) is 0.111. The number of nitrogens with two attached hydrogens (primary N) is 1. The first-order valence-corrected chi connectivity index (χ1v) is 9.66. The number of nitrogen functional groups attached to an aromatic ring is 1. The zero-order chi connectivity index (χ0) is 20.3. The van der Waals surface area contributed by atoms with Gasteiger partial charge in [0.2, 0.25) is 11.1 Å². The summed E-state index contributed by atoms with van der Waals surface area (Å²) in [6, 6.07) is 13.6. The van der Waals surface area contributed by atoms with E-state index in [4.69, 9.17) is 34.3 Å². The van der Waals surface area contributed by atoms with Gasteiger partial charge in [-0.15, -0.1) is 10.2 Å². The summed E-state index contributed by atoms with van der Waals surface area (Å²) in [6.45, 7) is 1.73. The SMILES string of the molecule is C[C@H](Sc1nnc(-c2ccc(Cl)cc2Cl)n1N)C(=O)Nc1ccc(C#N)cc1. The van der Waals surface area contributed by atoms with Crippen LogP contribution in [-0.2, 0) is 4.79 Å². The lowest BCUT2D eigenvalue weighted by Crippen LogP contribution is -2.23. The van der Waals surface area contributed by atoms with Gasteiger partial charge in [0, 0.05) is 16.3 Å². The van der Waals surface area contributed by atoms with E-state index in [0.717, 1.165) is 11.8 Å². The molecule has 1 aromatic heterocycles. The van der Waals surface area contributed by atoms with Gasteiger partial charge in [0.15, 0.2) is 5.82 Å². The summed E-state index contributed by atoms with van der Waals surface area (Å²) in [6.07, 6.45) is 0. The number of hydrogen-bond donors (Lipinski definition) is 2. The van der Waals surface area contributed by atoms with Crippen LogP contribution < -0.4 is 11.2 Å². The monoisotopic (exact) mass is 432 g/mol. The van der Waals surface area contributed by atoms with E-state index in [9.17, 15) is 4.79 Å². The molecule has 1 atom stereocenters. The van der Waals surface area contributed by atoms with Crippen molar-refractivity contribution in [3.8, 4) is 17.5 Å². The molecule has 2 aromatic carbocycles. The Hall–Kier alpha value is -2.73. The van der Waals surface area contributed by atoms with Crippen LogP contribution in [0.3, 0.4) is 0 Å². The predicted molar refractivity (Wildman–Crippen MR) is 111 cm³/mol. The molecule has 10 heteroatoms. The Morgan fingerprint density at radius 2 is 1.96 bits per heavy atom. The molecule has 0 unspecified atom stereocenters. The van der Waals surface area contributed by atoms with Gasteiger partial charge in [-0.2, -0.15) is 5.26 Å². The molecule has 0 spiro atoms. The lowest BCUT2D eigenvalue weighted by Gasteiger charge is -2.12. The number of rotatable bonds is 5. The number of amides is 1. The Labute approximate surface area is 175 Å². The van der Waals surface area contributed by atoms with Crippen LogP contribution >= 0.6 is 35.0 Å². The smallest absolute Gasteiger partial charge is 0.237 e. The van der Waals surface area contributed by atoms with Gasteiger partial charge in [-0.25, -0.2) is 4.68 Å². The number of hydrogen-bond acceptors (Lipinski definition) is 6. The van der Waals surface area contributed by atoms with Crippen molar-refractivity contribution in [1.82, 2.24) is 14.9 Å². The van der Waals surface area contributed by atoms with Gasteiger partial charge >= 0.3 is 0 Å². The van der Waals surface area contributed by atoms with Crippen LogP contribution in [0.5, 0.6) is 0 Å². The minimum Gasteiger partial charge on any atom is -0.335 e. The second kappa shape index (κ2) is 8.52. The fourth-order valence-corrected chi connectivity index (χ4v) is 3.56. The number of nitrogens with zero attached hydrogens (tertiary/aromatic N) is 4. The minimum atomic E-state index is -0.490. The third-order valence-corrected chi connectivity index (χ3v) is 5.37. The van der Waals surface area contributed by atoms with Gasteiger partial charge < -0.3 is 11.2 Å². The van der Waals surface area contributed by atoms with E-state index in [-0.39, 0.29) is 5.91 Å². The third-order valence-electron chi connectivity index (χ3n) is 3.77. The lowest BCUT2D eigenvalue weighted by molar-refractivity contribution is -0.115. The number of anilines is 1. The van der Waals surface area contributed by atoms with Crippen LogP contribution in [0.15, 0.2) is 47.6 Å². The van der Waals surface area contributed by atoms with Crippen molar-refractivity contribution >= 4 is 46.6 Å². The van der Waals surface area contributed by atoms with E-state index < -0.39 is 5.25 Å². The average molecular weight is 433 g/mol. The molecule has 0 radical (unpaired) electrons. The minimum absolute atomic E-state index is 0.233. The van der Waals surface area contributed by atoms with Gasteiger partial charge in [0.1, 0.15) is 0 Å². The normalized spacial score (nSPS) is 11.6. The first-order valence-electron chi connectivity index (χ1n) is 8.02. The van der Waals surface area contributed by atoms with Gasteiger partial charge in [-0.05, 0) is 49.4 Å². The van der Waals surface area contributed by atoms with Crippen molar-refractivity contribution < 1.29 is 4.79 Å². The maximum atomic E-state index is 12.4. The van der Waals surface area contributed by atoms with E-state index >= 15 is 0 Å². The molecule has 0 saturated heterocycles. The molecule has 7 nitrogen and oxygen atoms in total. The van der Waals surface area contributed by atoms with Crippen molar-refractivity contribution in [3.05, 3.63) is 58.1 Å². The van der Waals surface area contributed by atoms with Gasteiger partial charge in [-0.3, -0.25) is 4.79 Å². The summed E-state index contributed by atoms with van der Waals surface area (Å²) in [5, 5.41) is 20.5. The third kappa shape index (κ3) is 4.39. The predicted octanol–water partition coefficient (Wildman–Crippen LogP) is 3.96. The number of carbonyl (C=O) groups is 1. The summed E-state index contributed by atoms with van der Waals surface area (Å²) >= 11 is 13.3. The molecular formula is C18H14Cl2N6OS. The Balaban J connectivity index is 1.71. The van der Waals surface area contributed by atoms with Gasteiger partial charge in [0.25, 0.3) is 0 Å². The van der Waals surface area contributed by atoms with Gasteiger partial charge in [-0.1, -0.05) is 35.0 Å². The first kappa shape index (κ1) is 20.0. The van der Waals surface area contributed by atoms with Crippen molar-refractivity contribution in [2.75, 3.05) is 11.2 Å². The summed E-state index contributed by atoms with van der Waals surface area (Å²) in [5.41, 5.74) is 1.70. The zero-order valence-corrected chi connectivity index (χ0v) is 16.9. The summed E-state index contributed by atoms with van der Waals surface area (Å²) in [4.78, 5) is 12.4. The van der Waals surface area contributed by atoms with Crippen molar-refractivity contribution in [3.63, 3.8) is 0 Å². The number of nitriles is 1. The molecule has 0 saturated carbocycles. The number of carbonyl (C=O) groups excluding carboxylic acids is 1. The fourth-order valence-electron chi connectivity index (χ4n) is 2.30. The molecule has 1 amide bonds. The molecule has 3 rings (SSSR count). The van der Waals surface area contributed by atoms with E-state index in [1.54, 1.807) is 49.4 Å². The molecule has 28 heavy (non-hydrogen) atoms. The highest BCUT2D eigenvalue weighted by Gasteiger charge is 2.21. The van der Waals surface area contributed by atoms with Crippen LogP contribution in [0, 0.1) is 11.3 Å². The summed E-state index contributed by atoms with van der Waals surface area (Å²) in [7, 11) is 0. The Bertz CT molecular complexity index is 1060. The molecule has 142 valence electrons. The van der Waals surface area contributed by atoms with E-state index in [2.05, 4.69) is 15.5 Å². The lowest BCUT2D eigenvalue weighted by atomic mass is 10.2. The number of aromatic nitrogens is 3. The maximum Gasteiger partial charge on any atom is 0.237 e. The van der Waals surface area contributed by atoms with Crippen molar-refractivity contribution in [2.24, 2.45) is 0 Å². The molecule has 3 aromatic rings. The maximum absolute atomic E-state index is 12.4. The first-order chi connectivity index (χ1) is 13.4. The quantitative estimate of drug-likeness (QED) is 0.466. The van der Waals surface area contributed by atoms with Crippen LogP contribution in [0.25, 0.3) is 11.4 Å².